The van der Waals surface area contributed by atoms with Gasteiger partial charge < -0.3 is 0 Å². The summed E-state index contributed by atoms with van der Waals surface area (Å²) in [6.07, 6.45) is 1.59. The quantitative estimate of drug-likeness (QED) is 0.783. The van der Waals surface area contributed by atoms with Gasteiger partial charge in [-0.05, 0) is 23.7 Å². The molecule has 2 nitrogen and oxygen atoms in total. The highest BCUT2D eigenvalue weighted by Crippen LogP contribution is 2.15. The first-order chi connectivity index (χ1) is 6.77. The molecule has 2 aromatic rings. The lowest BCUT2D eigenvalue weighted by Gasteiger charge is -1.97. The molecule has 0 amide bonds. The molecular formula is C10H6BrNOS. The fourth-order valence-electron chi connectivity index (χ4n) is 1.11. The minimum Gasteiger partial charge on any atom is -0.289 e. The molecule has 0 aliphatic carbocycles. The van der Waals surface area contributed by atoms with Gasteiger partial charge in [-0.15, -0.1) is 0 Å². The van der Waals surface area contributed by atoms with Crippen LogP contribution in [0, 0.1) is 0 Å². The van der Waals surface area contributed by atoms with E-state index < -0.39 is 0 Å². The molecule has 0 bridgehead atoms. The third kappa shape index (κ3) is 1.91. The molecule has 14 heavy (non-hydrogen) atoms. The lowest BCUT2D eigenvalue weighted by Crippen LogP contribution is -1.98. The maximum Gasteiger partial charge on any atom is 0.195 e. The second kappa shape index (κ2) is 4.02. The van der Waals surface area contributed by atoms with E-state index in [9.17, 15) is 4.79 Å². The first-order valence-electron chi connectivity index (χ1n) is 3.97. The second-order valence-corrected chi connectivity index (χ2v) is 4.33. The number of halogens is 1. The van der Waals surface area contributed by atoms with Crippen LogP contribution in [0.3, 0.4) is 0 Å². The van der Waals surface area contributed by atoms with Crippen molar-refractivity contribution in [3.8, 4) is 0 Å². The lowest BCUT2D eigenvalue weighted by molar-refractivity contribution is 0.103. The Bertz CT molecular complexity index is 453. The normalized spacial score (nSPS) is 10.1. The summed E-state index contributed by atoms with van der Waals surface area (Å²) in [5.41, 5.74) is 1.33. The van der Waals surface area contributed by atoms with E-state index in [2.05, 4.69) is 20.3 Å². The number of hydrogen-bond acceptors (Lipinski definition) is 3. The van der Waals surface area contributed by atoms with Crippen LogP contribution in [0.4, 0.5) is 0 Å². The molecule has 0 aliphatic rings. The number of carbonyl (C=O) groups excluding carboxylic acids is 1. The van der Waals surface area contributed by atoms with E-state index in [1.807, 2.05) is 12.1 Å². The van der Waals surface area contributed by atoms with Crippen molar-refractivity contribution < 1.29 is 4.79 Å². The van der Waals surface area contributed by atoms with Crippen LogP contribution in [0.15, 0.2) is 40.3 Å². The molecule has 1 aromatic heterocycles. The number of ketones is 1. The van der Waals surface area contributed by atoms with Gasteiger partial charge in [0.15, 0.2) is 5.78 Å². The third-order valence-corrected chi connectivity index (χ3v) is 2.86. The molecule has 0 fully saturated rings. The highest BCUT2D eigenvalue weighted by Gasteiger charge is 2.09. The Morgan fingerprint density at radius 2 is 2.21 bits per heavy atom. The van der Waals surface area contributed by atoms with E-state index in [-0.39, 0.29) is 5.78 Å². The Morgan fingerprint density at radius 1 is 1.36 bits per heavy atom. The van der Waals surface area contributed by atoms with Crippen molar-refractivity contribution in [3.05, 3.63) is 51.4 Å². The van der Waals surface area contributed by atoms with Gasteiger partial charge in [0.1, 0.15) is 0 Å². The molecule has 1 aromatic carbocycles. The molecular weight excluding hydrogens is 262 g/mol. The summed E-state index contributed by atoms with van der Waals surface area (Å²) in [5.74, 6) is 0.0139. The van der Waals surface area contributed by atoms with Gasteiger partial charge in [0.05, 0.1) is 11.8 Å². The minimum atomic E-state index is 0.0139. The van der Waals surface area contributed by atoms with Crippen molar-refractivity contribution in [1.29, 1.82) is 0 Å². The Labute approximate surface area is 93.9 Å². The van der Waals surface area contributed by atoms with Crippen molar-refractivity contribution in [2.75, 3.05) is 0 Å². The fraction of sp³-hybridized carbons (Fsp3) is 0. The Kier molecular flexibility index (Phi) is 2.74. The fourth-order valence-corrected chi connectivity index (χ4v) is 2.03. The number of hydrogen-bond donors (Lipinski definition) is 0. The molecule has 70 valence electrons. The minimum absolute atomic E-state index is 0.0139. The van der Waals surface area contributed by atoms with Gasteiger partial charge in [-0.2, -0.15) is 0 Å². The summed E-state index contributed by atoms with van der Waals surface area (Å²) < 4.78 is 4.81. The number of carbonyl (C=O) groups is 1. The largest absolute Gasteiger partial charge is 0.289 e. The van der Waals surface area contributed by atoms with Gasteiger partial charge >= 0.3 is 0 Å². The smallest absolute Gasteiger partial charge is 0.195 e. The maximum absolute atomic E-state index is 11.8. The standard InChI is InChI=1S/C10H6BrNOS/c11-9-3-1-2-7(4-9)10(13)8-5-12-14-6-8/h1-6H. The van der Waals surface area contributed by atoms with Crippen LogP contribution in [0.2, 0.25) is 0 Å². The van der Waals surface area contributed by atoms with Gasteiger partial charge in [0.25, 0.3) is 0 Å². The van der Waals surface area contributed by atoms with Gasteiger partial charge in [-0.1, -0.05) is 28.1 Å². The predicted octanol–water partition coefficient (Wildman–Crippen LogP) is 3.14. The van der Waals surface area contributed by atoms with Crippen molar-refractivity contribution in [1.82, 2.24) is 4.37 Å². The van der Waals surface area contributed by atoms with Gasteiger partial charge in [0, 0.05) is 15.4 Å². The highest BCUT2D eigenvalue weighted by molar-refractivity contribution is 9.10. The van der Waals surface area contributed by atoms with E-state index in [1.165, 1.54) is 11.5 Å². The van der Waals surface area contributed by atoms with E-state index in [0.29, 0.717) is 11.1 Å². The van der Waals surface area contributed by atoms with Crippen molar-refractivity contribution in [2.24, 2.45) is 0 Å². The molecule has 0 N–H and O–H groups in total. The maximum atomic E-state index is 11.8. The van der Waals surface area contributed by atoms with Crippen LogP contribution >= 0.6 is 27.5 Å². The SMILES string of the molecule is O=C(c1cnsc1)c1cccc(Br)c1. The number of benzene rings is 1. The number of nitrogens with zero attached hydrogens (tertiary/aromatic N) is 1. The lowest BCUT2D eigenvalue weighted by atomic mass is 10.1. The number of aromatic nitrogens is 1. The van der Waals surface area contributed by atoms with E-state index >= 15 is 0 Å². The highest BCUT2D eigenvalue weighted by atomic mass is 79.9. The average molecular weight is 268 g/mol. The van der Waals surface area contributed by atoms with Crippen LogP contribution in [0.25, 0.3) is 0 Å². The van der Waals surface area contributed by atoms with Gasteiger partial charge in [0.2, 0.25) is 0 Å². The van der Waals surface area contributed by atoms with Gasteiger partial charge in [-0.25, -0.2) is 4.37 Å². The zero-order valence-electron chi connectivity index (χ0n) is 7.11. The number of rotatable bonds is 2. The predicted molar refractivity (Wildman–Crippen MR) is 59.7 cm³/mol. The summed E-state index contributed by atoms with van der Waals surface area (Å²) in [7, 11) is 0. The topological polar surface area (TPSA) is 30.0 Å². The zero-order chi connectivity index (χ0) is 9.97. The molecule has 0 saturated heterocycles. The summed E-state index contributed by atoms with van der Waals surface area (Å²) in [6, 6.07) is 7.34. The Balaban J connectivity index is 2.37. The Hall–Kier alpha value is -1.00. The molecule has 0 spiro atoms. The Morgan fingerprint density at radius 3 is 2.86 bits per heavy atom. The third-order valence-electron chi connectivity index (χ3n) is 1.78. The first kappa shape index (κ1) is 9.55. The van der Waals surface area contributed by atoms with Gasteiger partial charge in [-0.3, -0.25) is 4.79 Å². The molecule has 0 atom stereocenters. The average Bonchev–Trinajstić information content (AvgIpc) is 2.69. The van der Waals surface area contributed by atoms with Crippen LogP contribution in [-0.4, -0.2) is 10.2 Å². The summed E-state index contributed by atoms with van der Waals surface area (Å²) in [4.78, 5) is 11.8. The zero-order valence-corrected chi connectivity index (χ0v) is 9.51. The second-order valence-electron chi connectivity index (χ2n) is 2.75. The van der Waals surface area contributed by atoms with E-state index in [4.69, 9.17) is 0 Å². The van der Waals surface area contributed by atoms with Crippen molar-refractivity contribution >= 4 is 33.2 Å². The molecule has 0 radical (unpaired) electrons. The summed E-state index contributed by atoms with van der Waals surface area (Å²) in [5, 5.41) is 1.75. The van der Waals surface area contributed by atoms with Crippen molar-refractivity contribution in [3.63, 3.8) is 0 Å². The summed E-state index contributed by atoms with van der Waals surface area (Å²) >= 11 is 4.61. The molecule has 4 heteroatoms. The van der Waals surface area contributed by atoms with Crippen molar-refractivity contribution in [2.45, 2.75) is 0 Å². The monoisotopic (exact) mass is 267 g/mol. The molecule has 1 heterocycles. The molecule has 0 saturated carbocycles. The molecule has 2 rings (SSSR count). The van der Waals surface area contributed by atoms with Crippen LogP contribution in [0.1, 0.15) is 15.9 Å². The van der Waals surface area contributed by atoms with E-state index in [0.717, 1.165) is 4.47 Å². The van der Waals surface area contributed by atoms with Crippen LogP contribution < -0.4 is 0 Å². The van der Waals surface area contributed by atoms with E-state index in [1.54, 1.807) is 23.7 Å². The molecule has 0 aliphatic heterocycles. The first-order valence-corrected chi connectivity index (χ1v) is 5.60. The van der Waals surface area contributed by atoms with Crippen LogP contribution in [-0.2, 0) is 0 Å². The summed E-state index contributed by atoms with van der Waals surface area (Å²) in [6.45, 7) is 0. The molecule has 0 unspecified atom stereocenters. The van der Waals surface area contributed by atoms with Crippen LogP contribution in [0.5, 0.6) is 0 Å².